The fourth-order valence-corrected chi connectivity index (χ4v) is 6.82. The van der Waals surface area contributed by atoms with Gasteiger partial charge in [-0.1, -0.05) is 42.5 Å². The summed E-state index contributed by atoms with van der Waals surface area (Å²) in [5.41, 5.74) is 2.63. The number of para-hydroxylation sites is 2. The Morgan fingerprint density at radius 1 is 0.875 bits per heavy atom. The van der Waals surface area contributed by atoms with Crippen molar-refractivity contribution in [2.75, 3.05) is 5.32 Å². The van der Waals surface area contributed by atoms with Gasteiger partial charge in [-0.15, -0.1) is 0 Å². The van der Waals surface area contributed by atoms with Crippen LogP contribution in [0.4, 0.5) is 5.95 Å². The SMILES string of the molecule is O=C(Nc1nc2ccccc2n1Cc1ccccc1)C(=O)NC12CC3CC(CC(C3)C1)C2. The van der Waals surface area contributed by atoms with Gasteiger partial charge in [0.05, 0.1) is 17.6 Å². The standard InChI is InChI=1S/C26H28N4O2/c31-23(24(32)29-26-13-18-10-19(14-26)12-20(11-18)15-26)28-25-27-21-8-4-5-9-22(21)30(25)16-17-6-2-1-3-7-17/h1-9,18-20H,10-16H2,(H,29,32)(H,27,28,31). The van der Waals surface area contributed by atoms with Gasteiger partial charge in [-0.05, 0) is 74.0 Å². The largest absolute Gasteiger partial charge is 0.342 e. The monoisotopic (exact) mass is 428 g/mol. The minimum atomic E-state index is -0.634. The van der Waals surface area contributed by atoms with Gasteiger partial charge in [0.15, 0.2) is 0 Å². The van der Waals surface area contributed by atoms with E-state index in [0.717, 1.165) is 35.9 Å². The molecule has 2 amide bonds. The zero-order valence-corrected chi connectivity index (χ0v) is 18.1. The van der Waals surface area contributed by atoms with Crippen LogP contribution in [0.1, 0.15) is 44.1 Å². The number of anilines is 1. The summed E-state index contributed by atoms with van der Waals surface area (Å²) in [5, 5.41) is 5.96. The molecule has 32 heavy (non-hydrogen) atoms. The van der Waals surface area contributed by atoms with Crippen molar-refractivity contribution in [2.24, 2.45) is 17.8 Å². The third-order valence-corrected chi connectivity index (χ3v) is 7.69. The second-order valence-corrected chi connectivity index (χ2v) is 10.1. The highest BCUT2D eigenvalue weighted by Crippen LogP contribution is 2.55. The van der Waals surface area contributed by atoms with E-state index in [1.165, 1.54) is 19.3 Å². The first-order chi connectivity index (χ1) is 15.6. The number of carbonyl (C=O) groups excluding carboxylic acids is 2. The van der Waals surface area contributed by atoms with Crippen LogP contribution in [-0.2, 0) is 16.1 Å². The third kappa shape index (κ3) is 3.48. The Morgan fingerprint density at radius 2 is 1.50 bits per heavy atom. The molecule has 0 aliphatic heterocycles. The molecule has 164 valence electrons. The molecular weight excluding hydrogens is 400 g/mol. The zero-order valence-electron chi connectivity index (χ0n) is 18.1. The zero-order chi connectivity index (χ0) is 21.7. The fourth-order valence-electron chi connectivity index (χ4n) is 6.82. The van der Waals surface area contributed by atoms with Crippen molar-refractivity contribution < 1.29 is 9.59 Å². The number of nitrogens with one attached hydrogen (secondary N) is 2. The normalized spacial score (nSPS) is 28.1. The van der Waals surface area contributed by atoms with Crippen molar-refractivity contribution in [3.8, 4) is 0 Å². The molecule has 0 spiro atoms. The van der Waals surface area contributed by atoms with Crippen LogP contribution in [0.5, 0.6) is 0 Å². The topological polar surface area (TPSA) is 76.0 Å². The summed E-state index contributed by atoms with van der Waals surface area (Å²) in [5.74, 6) is 1.36. The first kappa shape index (κ1) is 19.5. The highest BCUT2D eigenvalue weighted by atomic mass is 16.2. The quantitative estimate of drug-likeness (QED) is 0.614. The van der Waals surface area contributed by atoms with Crippen molar-refractivity contribution in [3.05, 3.63) is 60.2 Å². The van der Waals surface area contributed by atoms with Crippen molar-refractivity contribution in [1.29, 1.82) is 0 Å². The van der Waals surface area contributed by atoms with Gasteiger partial charge in [0.1, 0.15) is 0 Å². The van der Waals surface area contributed by atoms with E-state index in [4.69, 9.17) is 0 Å². The average molecular weight is 429 g/mol. The molecule has 4 fully saturated rings. The Balaban J connectivity index is 1.23. The second-order valence-electron chi connectivity index (χ2n) is 10.1. The summed E-state index contributed by atoms with van der Waals surface area (Å²) < 4.78 is 1.96. The van der Waals surface area contributed by atoms with Crippen LogP contribution in [0, 0.1) is 17.8 Å². The first-order valence-corrected chi connectivity index (χ1v) is 11.7. The predicted molar refractivity (Wildman–Crippen MR) is 123 cm³/mol. The fraction of sp³-hybridized carbons (Fsp3) is 0.423. The number of nitrogens with zero attached hydrogens (tertiary/aromatic N) is 2. The second kappa shape index (κ2) is 7.47. The highest BCUT2D eigenvalue weighted by Gasteiger charge is 2.51. The Kier molecular flexibility index (Phi) is 4.56. The van der Waals surface area contributed by atoms with Crippen LogP contribution >= 0.6 is 0 Å². The Hall–Kier alpha value is -3.15. The molecule has 6 nitrogen and oxygen atoms in total. The molecule has 3 aromatic rings. The van der Waals surface area contributed by atoms with E-state index in [2.05, 4.69) is 15.6 Å². The number of fused-ring (bicyclic) bond motifs is 1. The lowest BCUT2D eigenvalue weighted by molar-refractivity contribution is -0.139. The summed E-state index contributed by atoms with van der Waals surface area (Å²) in [6.07, 6.45) is 6.94. The Labute approximate surface area is 187 Å². The number of carbonyl (C=O) groups is 2. The van der Waals surface area contributed by atoms with E-state index in [1.54, 1.807) is 0 Å². The van der Waals surface area contributed by atoms with E-state index in [0.29, 0.717) is 30.2 Å². The summed E-state index contributed by atoms with van der Waals surface area (Å²) in [4.78, 5) is 30.5. The van der Waals surface area contributed by atoms with Crippen molar-refractivity contribution in [3.63, 3.8) is 0 Å². The van der Waals surface area contributed by atoms with Crippen LogP contribution < -0.4 is 10.6 Å². The summed E-state index contributed by atoms with van der Waals surface area (Å²) in [6.45, 7) is 0.563. The lowest BCUT2D eigenvalue weighted by atomic mass is 9.53. The average Bonchev–Trinajstić information content (AvgIpc) is 3.10. The van der Waals surface area contributed by atoms with Gasteiger partial charge >= 0.3 is 11.8 Å². The van der Waals surface area contributed by atoms with Crippen LogP contribution in [0.15, 0.2) is 54.6 Å². The van der Waals surface area contributed by atoms with E-state index in [1.807, 2.05) is 59.2 Å². The molecular formula is C26H28N4O2. The van der Waals surface area contributed by atoms with Gasteiger partial charge in [0, 0.05) is 5.54 Å². The Bertz CT molecular complexity index is 1150. The van der Waals surface area contributed by atoms with E-state index < -0.39 is 11.8 Å². The molecule has 1 heterocycles. The van der Waals surface area contributed by atoms with Gasteiger partial charge < -0.3 is 9.88 Å². The molecule has 0 atom stereocenters. The molecule has 0 saturated heterocycles. The lowest BCUT2D eigenvalue weighted by Gasteiger charge is -2.56. The van der Waals surface area contributed by atoms with Crippen LogP contribution in [0.2, 0.25) is 0 Å². The molecule has 2 N–H and O–H groups in total. The molecule has 2 aromatic carbocycles. The number of aromatic nitrogens is 2. The molecule has 1 aromatic heterocycles. The molecule has 0 radical (unpaired) electrons. The third-order valence-electron chi connectivity index (χ3n) is 7.69. The van der Waals surface area contributed by atoms with E-state index >= 15 is 0 Å². The number of rotatable bonds is 4. The number of hydrogen-bond donors (Lipinski definition) is 2. The number of hydrogen-bond acceptors (Lipinski definition) is 3. The molecule has 0 unspecified atom stereocenters. The maximum atomic E-state index is 13.0. The van der Waals surface area contributed by atoms with Gasteiger partial charge in [-0.2, -0.15) is 0 Å². The molecule has 4 bridgehead atoms. The summed E-state index contributed by atoms with van der Waals surface area (Å²) >= 11 is 0. The minimum Gasteiger partial charge on any atom is -0.342 e. The van der Waals surface area contributed by atoms with E-state index in [9.17, 15) is 9.59 Å². The summed E-state index contributed by atoms with van der Waals surface area (Å²) in [6, 6.07) is 17.8. The molecule has 4 aliphatic carbocycles. The molecule has 7 rings (SSSR count). The van der Waals surface area contributed by atoms with Crippen molar-refractivity contribution in [2.45, 2.75) is 50.6 Å². The van der Waals surface area contributed by atoms with Gasteiger partial charge in [0.25, 0.3) is 0 Å². The lowest BCUT2D eigenvalue weighted by Crippen LogP contribution is -2.61. The van der Waals surface area contributed by atoms with Crippen LogP contribution in [0.3, 0.4) is 0 Å². The molecule has 4 aliphatic rings. The molecule has 4 saturated carbocycles. The van der Waals surface area contributed by atoms with Crippen molar-refractivity contribution in [1.82, 2.24) is 14.9 Å². The highest BCUT2D eigenvalue weighted by molar-refractivity contribution is 6.39. The van der Waals surface area contributed by atoms with Gasteiger partial charge in [0.2, 0.25) is 5.95 Å². The smallest absolute Gasteiger partial charge is 0.316 e. The van der Waals surface area contributed by atoms with Crippen LogP contribution in [-0.4, -0.2) is 26.9 Å². The van der Waals surface area contributed by atoms with E-state index in [-0.39, 0.29) is 5.54 Å². The number of benzene rings is 2. The number of amides is 2. The summed E-state index contributed by atoms with van der Waals surface area (Å²) in [7, 11) is 0. The van der Waals surface area contributed by atoms with Gasteiger partial charge in [-0.3, -0.25) is 14.9 Å². The Morgan fingerprint density at radius 3 is 2.19 bits per heavy atom. The molecule has 6 heteroatoms. The maximum Gasteiger partial charge on any atom is 0.316 e. The van der Waals surface area contributed by atoms with Crippen LogP contribution in [0.25, 0.3) is 11.0 Å². The predicted octanol–water partition coefficient (Wildman–Crippen LogP) is 4.11. The minimum absolute atomic E-state index is 0.187. The maximum absolute atomic E-state index is 13.0. The number of imidazole rings is 1. The van der Waals surface area contributed by atoms with Gasteiger partial charge in [-0.25, -0.2) is 4.98 Å². The first-order valence-electron chi connectivity index (χ1n) is 11.7. The van der Waals surface area contributed by atoms with Crippen molar-refractivity contribution >= 4 is 28.8 Å².